The van der Waals surface area contributed by atoms with Crippen LogP contribution < -0.4 is 0 Å². The van der Waals surface area contributed by atoms with Crippen molar-refractivity contribution in [3.05, 3.63) is 28.3 Å². The van der Waals surface area contributed by atoms with Gasteiger partial charge in [0, 0.05) is 29.8 Å². The number of nitrogens with zero attached hydrogens (tertiary/aromatic N) is 1. The van der Waals surface area contributed by atoms with E-state index in [1.807, 2.05) is 0 Å². The zero-order chi connectivity index (χ0) is 16.4. The summed E-state index contributed by atoms with van der Waals surface area (Å²) in [5.74, 6) is 0.225. The normalized spacial score (nSPS) is 11.8. The Labute approximate surface area is 135 Å². The molecule has 1 aromatic carbocycles. The lowest BCUT2D eigenvalue weighted by atomic mass is 10.1. The van der Waals surface area contributed by atoms with Crippen LogP contribution in [0.25, 0.3) is 0 Å². The molecule has 1 rings (SSSR count). The number of carbonyl (C=O) groups excluding carboxylic acids is 1. The maximum absolute atomic E-state index is 12.3. The van der Waals surface area contributed by atoms with Gasteiger partial charge in [-0.05, 0) is 37.0 Å². The minimum absolute atomic E-state index is 0.0476. The summed E-state index contributed by atoms with van der Waals surface area (Å²) in [6, 6.07) is 2.80. The van der Waals surface area contributed by atoms with E-state index in [-0.39, 0.29) is 21.4 Å². The van der Waals surface area contributed by atoms with E-state index >= 15 is 0 Å². The third kappa shape index (κ3) is 4.87. The Morgan fingerprint density at radius 2 is 1.90 bits per heavy atom. The van der Waals surface area contributed by atoms with Crippen molar-refractivity contribution < 1.29 is 13.2 Å². The minimum atomic E-state index is -3.99. The van der Waals surface area contributed by atoms with Crippen LogP contribution in [-0.4, -0.2) is 32.8 Å². The van der Waals surface area contributed by atoms with E-state index in [0.29, 0.717) is 18.0 Å². The highest BCUT2D eigenvalue weighted by atomic mass is 35.7. The van der Waals surface area contributed by atoms with Crippen molar-refractivity contribution in [2.75, 3.05) is 13.6 Å². The van der Waals surface area contributed by atoms with Gasteiger partial charge in [0.1, 0.15) is 4.90 Å². The van der Waals surface area contributed by atoms with E-state index < -0.39 is 9.05 Å². The molecule has 118 valence electrons. The number of carbonyl (C=O) groups is 1. The molecule has 0 N–H and O–H groups in total. The molecule has 1 aromatic rings. The number of rotatable bonds is 5. The van der Waals surface area contributed by atoms with E-state index in [4.69, 9.17) is 22.3 Å². The van der Waals surface area contributed by atoms with E-state index in [1.54, 1.807) is 24.9 Å². The molecule has 4 nitrogen and oxygen atoms in total. The highest BCUT2D eigenvalue weighted by molar-refractivity contribution is 8.13. The predicted molar refractivity (Wildman–Crippen MR) is 85.6 cm³/mol. The summed E-state index contributed by atoms with van der Waals surface area (Å²) in [4.78, 5) is 13.7. The molecule has 0 atom stereocenters. The molecule has 0 saturated heterocycles. The molecule has 1 amide bonds. The molecule has 0 aromatic heterocycles. The lowest BCUT2D eigenvalue weighted by molar-refractivity contribution is 0.0789. The quantitative estimate of drug-likeness (QED) is 0.760. The third-order valence-electron chi connectivity index (χ3n) is 3.12. The van der Waals surface area contributed by atoms with Crippen molar-refractivity contribution in [1.29, 1.82) is 0 Å². The summed E-state index contributed by atoms with van der Waals surface area (Å²) in [6.07, 6.45) is 0.871. The topological polar surface area (TPSA) is 54.5 Å². The second-order valence-corrected chi connectivity index (χ2v) is 8.36. The van der Waals surface area contributed by atoms with Crippen molar-refractivity contribution in [3.63, 3.8) is 0 Å². The van der Waals surface area contributed by atoms with Gasteiger partial charge in [0.05, 0.1) is 5.02 Å². The molecule has 21 heavy (non-hydrogen) atoms. The number of hydrogen-bond donors (Lipinski definition) is 0. The van der Waals surface area contributed by atoms with Crippen LogP contribution in [0, 0.1) is 12.8 Å². The number of amides is 1. The van der Waals surface area contributed by atoms with E-state index in [1.165, 1.54) is 6.07 Å². The fraction of sp³-hybridized carbons (Fsp3) is 0.500. The van der Waals surface area contributed by atoms with Gasteiger partial charge in [0.25, 0.3) is 15.0 Å². The van der Waals surface area contributed by atoms with Crippen LogP contribution in [0.5, 0.6) is 0 Å². The second kappa shape index (κ2) is 6.99. The molecule has 0 saturated carbocycles. The molecule has 0 bridgehead atoms. The summed E-state index contributed by atoms with van der Waals surface area (Å²) in [6.45, 7) is 6.38. The first-order valence-corrected chi connectivity index (χ1v) is 9.23. The lowest BCUT2D eigenvalue weighted by Gasteiger charge is -2.19. The molecule has 0 unspecified atom stereocenters. The van der Waals surface area contributed by atoms with Crippen LogP contribution in [0.1, 0.15) is 36.2 Å². The summed E-state index contributed by atoms with van der Waals surface area (Å²) in [7, 11) is 3.05. The largest absolute Gasteiger partial charge is 0.342 e. The van der Waals surface area contributed by atoms with Gasteiger partial charge in [-0.3, -0.25) is 4.79 Å². The Morgan fingerprint density at radius 1 is 1.33 bits per heavy atom. The van der Waals surface area contributed by atoms with Gasteiger partial charge < -0.3 is 4.90 Å². The first kappa shape index (κ1) is 18.3. The average Bonchev–Trinajstić information content (AvgIpc) is 2.36. The monoisotopic (exact) mass is 351 g/mol. The Hall–Kier alpha value is -0.780. The van der Waals surface area contributed by atoms with Crippen LogP contribution in [0.15, 0.2) is 17.0 Å². The highest BCUT2D eigenvalue weighted by Gasteiger charge is 2.21. The van der Waals surface area contributed by atoms with Gasteiger partial charge in [0.15, 0.2) is 0 Å². The van der Waals surface area contributed by atoms with Gasteiger partial charge in [-0.2, -0.15) is 0 Å². The second-order valence-electron chi connectivity index (χ2n) is 5.45. The van der Waals surface area contributed by atoms with Gasteiger partial charge >= 0.3 is 0 Å². The van der Waals surface area contributed by atoms with Gasteiger partial charge in [-0.15, -0.1) is 0 Å². The summed E-state index contributed by atoms with van der Waals surface area (Å²) >= 11 is 5.95. The molecule has 0 aliphatic heterocycles. The van der Waals surface area contributed by atoms with Crippen LogP contribution in [0.2, 0.25) is 5.02 Å². The maximum Gasteiger partial charge on any atom is 0.262 e. The molecule has 0 radical (unpaired) electrons. The minimum Gasteiger partial charge on any atom is -0.342 e. The summed E-state index contributed by atoms with van der Waals surface area (Å²) < 4.78 is 23.0. The van der Waals surface area contributed by atoms with Crippen molar-refractivity contribution in [1.82, 2.24) is 4.90 Å². The molecule has 0 aliphatic rings. The zero-order valence-corrected chi connectivity index (χ0v) is 14.8. The van der Waals surface area contributed by atoms with Crippen molar-refractivity contribution >= 4 is 37.2 Å². The first-order chi connectivity index (χ1) is 9.54. The molecule has 0 aliphatic carbocycles. The maximum atomic E-state index is 12.3. The van der Waals surface area contributed by atoms with E-state index in [0.717, 1.165) is 6.42 Å². The SMILES string of the molecule is Cc1cc(C(=O)N(C)CCC(C)C)cc(S(=O)(=O)Cl)c1Cl. The Bertz CT molecular complexity index is 642. The molecule has 0 fully saturated rings. The number of hydrogen-bond acceptors (Lipinski definition) is 3. The van der Waals surface area contributed by atoms with Crippen LogP contribution in [-0.2, 0) is 9.05 Å². The predicted octanol–water partition coefficient (Wildman–Crippen LogP) is 3.69. The standard InChI is InChI=1S/C14H19Cl2NO3S/c1-9(2)5-6-17(4)14(18)11-7-10(3)13(15)12(8-11)21(16,19)20/h7-9H,5-6H2,1-4H3. The Morgan fingerprint density at radius 3 is 2.38 bits per heavy atom. The average molecular weight is 352 g/mol. The van der Waals surface area contributed by atoms with Gasteiger partial charge in [-0.25, -0.2) is 8.42 Å². The number of aryl methyl sites for hydroxylation is 1. The van der Waals surface area contributed by atoms with Crippen LogP contribution in [0.3, 0.4) is 0 Å². The third-order valence-corrected chi connectivity index (χ3v) is 5.08. The molecular formula is C14H19Cl2NO3S. The van der Waals surface area contributed by atoms with Crippen molar-refractivity contribution in [2.45, 2.75) is 32.1 Å². The number of halogens is 2. The Kier molecular flexibility index (Phi) is 6.08. The first-order valence-electron chi connectivity index (χ1n) is 6.54. The van der Waals surface area contributed by atoms with Gasteiger partial charge in [0.2, 0.25) is 0 Å². The smallest absolute Gasteiger partial charge is 0.262 e. The molecule has 0 spiro atoms. The van der Waals surface area contributed by atoms with Crippen molar-refractivity contribution in [3.8, 4) is 0 Å². The summed E-state index contributed by atoms with van der Waals surface area (Å²) in [5, 5.41) is 0.0476. The van der Waals surface area contributed by atoms with Gasteiger partial charge in [-0.1, -0.05) is 25.4 Å². The molecule has 7 heteroatoms. The number of benzene rings is 1. The molecule has 0 heterocycles. The zero-order valence-electron chi connectivity index (χ0n) is 12.5. The fourth-order valence-corrected chi connectivity index (χ4v) is 3.35. The lowest BCUT2D eigenvalue weighted by Crippen LogP contribution is -2.28. The van der Waals surface area contributed by atoms with E-state index in [2.05, 4.69) is 13.8 Å². The Balaban J connectivity index is 3.14. The highest BCUT2D eigenvalue weighted by Crippen LogP contribution is 2.29. The molecular weight excluding hydrogens is 333 g/mol. The van der Waals surface area contributed by atoms with Crippen LogP contribution >= 0.6 is 22.3 Å². The fourth-order valence-electron chi connectivity index (χ4n) is 1.81. The van der Waals surface area contributed by atoms with Crippen LogP contribution in [0.4, 0.5) is 0 Å². The van der Waals surface area contributed by atoms with E-state index in [9.17, 15) is 13.2 Å². The summed E-state index contributed by atoms with van der Waals surface area (Å²) in [5.41, 5.74) is 0.765. The van der Waals surface area contributed by atoms with Crippen molar-refractivity contribution in [2.24, 2.45) is 5.92 Å².